The van der Waals surface area contributed by atoms with Crippen molar-refractivity contribution in [3.8, 4) is 34.1 Å². The molecule has 84 heavy (non-hydrogen) atoms. The van der Waals surface area contributed by atoms with Crippen molar-refractivity contribution < 1.29 is 0 Å². The van der Waals surface area contributed by atoms with Gasteiger partial charge >= 0.3 is 0 Å². The van der Waals surface area contributed by atoms with Crippen molar-refractivity contribution in [3.05, 3.63) is 291 Å². The van der Waals surface area contributed by atoms with Crippen LogP contribution in [0.4, 0.5) is 0 Å². The second-order valence-electron chi connectivity index (χ2n) is 22.3. The van der Waals surface area contributed by atoms with Gasteiger partial charge in [-0.2, -0.15) is 0 Å². The monoisotopic (exact) mass is 1070 g/mol. The van der Waals surface area contributed by atoms with E-state index in [0.717, 1.165) is 45.2 Å². The van der Waals surface area contributed by atoms with Crippen molar-refractivity contribution in [2.75, 3.05) is 0 Å². The molecule has 0 saturated carbocycles. The maximum atomic E-state index is 2.56. The van der Waals surface area contributed by atoms with Crippen LogP contribution in [0.3, 0.4) is 0 Å². The molecule has 390 valence electrons. The summed E-state index contributed by atoms with van der Waals surface area (Å²) >= 11 is 0. The molecule has 19 rings (SSSR count). The first-order valence-corrected chi connectivity index (χ1v) is 29.0. The highest BCUT2D eigenvalue weighted by molar-refractivity contribution is 6.42. The van der Waals surface area contributed by atoms with E-state index in [0.29, 0.717) is 0 Å². The standard InChI is InChI=1S/C78H48N6/c1-5-25-49(26-6-1)79-61-39-19-13-33-55(61)67-73-69(57-35-15-21-41-63(57)81(73)51-29-9-3-10-30-51)77-71(75(67)79)59-37-17-23-43-65(59)83(77)53-45-47-54(48-46-53)84-66-44-24-18-38-60(66)72-76-68(56-34-14-20-40-62(56)80(76)50-27-7-2-8-28-50)74-70(78(72)84)58-36-16-22-42-64(58)82(74)52-31-11-4-12-32-52/h1-48H. The highest BCUT2D eigenvalue weighted by Gasteiger charge is 2.31. The normalized spacial score (nSPS) is 12.3. The Balaban J connectivity index is 0.972. The molecule has 0 aliphatic carbocycles. The number of hydrogen-bond donors (Lipinski definition) is 0. The van der Waals surface area contributed by atoms with Gasteiger partial charge < -0.3 is 27.4 Å². The largest absolute Gasteiger partial charge is 0.308 e. The summed E-state index contributed by atoms with van der Waals surface area (Å²) in [6.07, 6.45) is 0. The van der Waals surface area contributed by atoms with Crippen LogP contribution in [-0.2, 0) is 0 Å². The van der Waals surface area contributed by atoms with Gasteiger partial charge in [0.1, 0.15) is 0 Å². The van der Waals surface area contributed by atoms with E-state index < -0.39 is 0 Å². The molecule has 0 N–H and O–H groups in total. The summed E-state index contributed by atoms with van der Waals surface area (Å²) in [4.78, 5) is 0. The summed E-state index contributed by atoms with van der Waals surface area (Å²) < 4.78 is 15.2. The molecule has 6 nitrogen and oxygen atoms in total. The summed E-state index contributed by atoms with van der Waals surface area (Å²) in [5, 5.41) is 14.7. The Bertz CT molecular complexity index is 5420. The van der Waals surface area contributed by atoms with Crippen LogP contribution in [0.2, 0.25) is 0 Å². The predicted octanol–water partition coefficient (Wildman–Crippen LogP) is 20.3. The van der Waals surface area contributed by atoms with E-state index in [2.05, 4.69) is 319 Å². The number of fused-ring (bicyclic) bond motifs is 24. The van der Waals surface area contributed by atoms with Crippen LogP contribution in [0.15, 0.2) is 291 Å². The topological polar surface area (TPSA) is 29.6 Å². The van der Waals surface area contributed by atoms with E-state index in [9.17, 15) is 0 Å². The first-order valence-electron chi connectivity index (χ1n) is 29.0. The SMILES string of the molecule is c1ccc(-n2c3ccccc3c3c2c2c4ccccc4n(-c4ccc(-n5c6ccccc6c6c7c(c8ccccc8n7-c7ccccc7)c7c(c8ccccc8n7-c7ccccc7)c65)cc4)c2c2c4ccccc4n(-c4ccccc4)c32)cc1. The van der Waals surface area contributed by atoms with Gasteiger partial charge in [0.25, 0.3) is 0 Å². The number of para-hydroxylation sites is 10. The molecule has 0 aliphatic heterocycles. The van der Waals surface area contributed by atoms with Gasteiger partial charge in [-0.15, -0.1) is 0 Å². The third kappa shape index (κ3) is 5.92. The molecule has 0 amide bonds. The molecule has 0 fully saturated rings. The quantitative estimate of drug-likeness (QED) is 0.159. The van der Waals surface area contributed by atoms with Gasteiger partial charge in [0.05, 0.1) is 66.2 Å². The van der Waals surface area contributed by atoms with Crippen LogP contribution in [0.1, 0.15) is 0 Å². The van der Waals surface area contributed by atoms with Gasteiger partial charge in [0.15, 0.2) is 0 Å². The molecule has 6 heteroatoms. The van der Waals surface area contributed by atoms with Crippen LogP contribution < -0.4 is 0 Å². The Labute approximate surface area is 480 Å². The molecule has 6 aromatic heterocycles. The van der Waals surface area contributed by atoms with Gasteiger partial charge in [0, 0.05) is 98.8 Å². The van der Waals surface area contributed by atoms with Crippen molar-refractivity contribution >= 4 is 131 Å². The fourth-order valence-electron chi connectivity index (χ4n) is 15.0. The molecule has 0 saturated heterocycles. The summed E-state index contributed by atoms with van der Waals surface area (Å²) in [5.74, 6) is 0. The van der Waals surface area contributed by atoms with Crippen LogP contribution in [0, 0.1) is 0 Å². The Morgan fingerprint density at radius 3 is 0.452 bits per heavy atom. The number of aromatic nitrogens is 6. The van der Waals surface area contributed by atoms with Gasteiger partial charge in [-0.05, 0) is 109 Å². The third-order valence-corrected chi connectivity index (χ3v) is 18.1. The average molecular weight is 1070 g/mol. The van der Waals surface area contributed by atoms with E-state index in [4.69, 9.17) is 0 Å². The number of nitrogens with zero attached hydrogens (tertiary/aromatic N) is 6. The Hall–Kier alpha value is -11.3. The van der Waals surface area contributed by atoms with Crippen LogP contribution in [-0.4, -0.2) is 27.4 Å². The molecule has 13 aromatic carbocycles. The first kappa shape index (κ1) is 45.4. The first-order chi connectivity index (χ1) is 41.8. The van der Waals surface area contributed by atoms with E-state index in [1.165, 1.54) is 120 Å². The van der Waals surface area contributed by atoms with Crippen LogP contribution in [0.5, 0.6) is 0 Å². The van der Waals surface area contributed by atoms with Crippen LogP contribution >= 0.6 is 0 Å². The summed E-state index contributed by atoms with van der Waals surface area (Å²) in [6.45, 7) is 0. The van der Waals surface area contributed by atoms with Crippen molar-refractivity contribution in [2.45, 2.75) is 0 Å². The molecule has 0 aliphatic rings. The molecule has 6 heterocycles. The summed E-state index contributed by atoms with van der Waals surface area (Å²) in [6, 6.07) is 107. The van der Waals surface area contributed by atoms with Crippen LogP contribution in [0.25, 0.3) is 165 Å². The van der Waals surface area contributed by atoms with E-state index in [-0.39, 0.29) is 0 Å². The van der Waals surface area contributed by atoms with Crippen molar-refractivity contribution in [3.63, 3.8) is 0 Å². The highest BCUT2D eigenvalue weighted by Crippen LogP contribution is 2.53. The minimum atomic E-state index is 1.09. The molecule has 0 atom stereocenters. The zero-order valence-electron chi connectivity index (χ0n) is 45.4. The molecule has 0 spiro atoms. The van der Waals surface area contributed by atoms with Crippen molar-refractivity contribution in [2.24, 2.45) is 0 Å². The molecule has 19 aromatic rings. The lowest BCUT2D eigenvalue weighted by Gasteiger charge is -2.15. The second-order valence-corrected chi connectivity index (χ2v) is 22.3. The average Bonchev–Trinajstić information content (AvgIpc) is 1.75. The Kier molecular flexibility index (Phi) is 9.24. The smallest absolute Gasteiger partial charge is 0.0663 e. The fraction of sp³-hybridized carbons (Fsp3) is 0. The molecular formula is C78H48N6. The van der Waals surface area contributed by atoms with E-state index >= 15 is 0 Å². The number of rotatable bonds is 6. The maximum absolute atomic E-state index is 2.56. The fourth-order valence-corrected chi connectivity index (χ4v) is 15.0. The lowest BCUT2D eigenvalue weighted by atomic mass is 10.0. The zero-order valence-corrected chi connectivity index (χ0v) is 45.4. The zero-order chi connectivity index (χ0) is 54.7. The van der Waals surface area contributed by atoms with Gasteiger partial charge in [-0.3, -0.25) is 0 Å². The maximum Gasteiger partial charge on any atom is 0.0663 e. The lowest BCUT2D eigenvalue weighted by Crippen LogP contribution is -1.99. The lowest BCUT2D eigenvalue weighted by molar-refractivity contribution is 1.15. The molecule has 0 bridgehead atoms. The Morgan fingerprint density at radius 2 is 0.274 bits per heavy atom. The number of hydrogen-bond acceptors (Lipinski definition) is 0. The molecule has 0 unspecified atom stereocenters. The predicted molar refractivity (Wildman–Crippen MR) is 352 cm³/mol. The van der Waals surface area contributed by atoms with Gasteiger partial charge in [-0.1, -0.05) is 182 Å². The Morgan fingerprint density at radius 1 is 0.131 bits per heavy atom. The van der Waals surface area contributed by atoms with Crippen molar-refractivity contribution in [1.29, 1.82) is 0 Å². The minimum absolute atomic E-state index is 1.09. The van der Waals surface area contributed by atoms with E-state index in [1.807, 2.05) is 0 Å². The summed E-state index contributed by atoms with van der Waals surface area (Å²) in [7, 11) is 0. The van der Waals surface area contributed by atoms with Crippen molar-refractivity contribution in [1.82, 2.24) is 27.4 Å². The third-order valence-electron chi connectivity index (χ3n) is 18.1. The minimum Gasteiger partial charge on any atom is -0.308 e. The summed E-state index contributed by atoms with van der Waals surface area (Å²) in [5.41, 5.74) is 20.8. The number of benzene rings is 13. The molecule has 0 radical (unpaired) electrons. The van der Waals surface area contributed by atoms with Gasteiger partial charge in [0.2, 0.25) is 0 Å². The van der Waals surface area contributed by atoms with Gasteiger partial charge in [-0.25, -0.2) is 0 Å². The van der Waals surface area contributed by atoms with E-state index in [1.54, 1.807) is 0 Å². The highest BCUT2D eigenvalue weighted by atomic mass is 15.1. The molecular weight excluding hydrogens is 1020 g/mol. The second kappa shape index (κ2) is 17.1.